The quantitative estimate of drug-likeness (QED) is 0.785. The molecule has 116 valence electrons. The van der Waals surface area contributed by atoms with Crippen LogP contribution in [0.5, 0.6) is 0 Å². The third-order valence-electron chi connectivity index (χ3n) is 5.09. The Morgan fingerprint density at radius 2 is 1.86 bits per heavy atom. The SMILES string of the molecule is COC1(c2nc(C3CC3)c(I)c(=O)[nH]2)CCC(C)(C)CC1. The minimum atomic E-state index is -0.414. The first kappa shape index (κ1) is 15.5. The van der Waals surface area contributed by atoms with Gasteiger partial charge in [-0.15, -0.1) is 0 Å². The third kappa shape index (κ3) is 2.91. The van der Waals surface area contributed by atoms with Gasteiger partial charge in [-0.05, 0) is 66.5 Å². The number of halogens is 1. The van der Waals surface area contributed by atoms with Gasteiger partial charge < -0.3 is 9.72 Å². The molecule has 1 N–H and O–H groups in total. The molecular weight excluding hydrogens is 379 g/mol. The summed E-state index contributed by atoms with van der Waals surface area (Å²) in [5.74, 6) is 1.22. The lowest BCUT2D eigenvalue weighted by molar-refractivity contribution is -0.0732. The molecule has 2 aliphatic carbocycles. The molecule has 2 fully saturated rings. The zero-order valence-corrected chi connectivity index (χ0v) is 15.1. The Labute approximate surface area is 139 Å². The Morgan fingerprint density at radius 3 is 2.38 bits per heavy atom. The third-order valence-corrected chi connectivity index (χ3v) is 6.13. The summed E-state index contributed by atoms with van der Waals surface area (Å²) in [6.45, 7) is 4.60. The second-order valence-electron chi connectivity index (χ2n) is 7.25. The van der Waals surface area contributed by atoms with E-state index in [0.29, 0.717) is 11.3 Å². The van der Waals surface area contributed by atoms with E-state index in [1.54, 1.807) is 7.11 Å². The molecule has 0 amide bonds. The molecule has 0 bridgehead atoms. The summed E-state index contributed by atoms with van der Waals surface area (Å²) in [7, 11) is 1.74. The predicted molar refractivity (Wildman–Crippen MR) is 90.5 cm³/mol. The Balaban J connectivity index is 2.00. The largest absolute Gasteiger partial charge is 0.370 e. The maximum Gasteiger partial charge on any atom is 0.264 e. The number of hydrogen-bond acceptors (Lipinski definition) is 3. The fourth-order valence-corrected chi connectivity index (χ4v) is 3.88. The van der Waals surface area contributed by atoms with E-state index in [1.807, 2.05) is 0 Å². The molecule has 4 nitrogen and oxygen atoms in total. The lowest BCUT2D eigenvalue weighted by atomic mass is 9.70. The van der Waals surface area contributed by atoms with Gasteiger partial charge in [-0.1, -0.05) is 13.8 Å². The number of ether oxygens (including phenoxy) is 1. The number of aromatic amines is 1. The van der Waals surface area contributed by atoms with Crippen molar-refractivity contribution in [2.45, 2.75) is 63.9 Å². The van der Waals surface area contributed by atoms with Gasteiger partial charge in [-0.2, -0.15) is 0 Å². The Morgan fingerprint density at radius 1 is 1.24 bits per heavy atom. The van der Waals surface area contributed by atoms with Crippen molar-refractivity contribution in [1.82, 2.24) is 9.97 Å². The molecule has 3 rings (SSSR count). The maximum atomic E-state index is 12.3. The minimum absolute atomic E-state index is 0.0104. The topological polar surface area (TPSA) is 55.0 Å². The number of hydrogen-bond donors (Lipinski definition) is 1. The van der Waals surface area contributed by atoms with E-state index in [4.69, 9.17) is 9.72 Å². The fraction of sp³-hybridized carbons (Fsp3) is 0.750. The van der Waals surface area contributed by atoms with Crippen LogP contribution in [0.25, 0.3) is 0 Å². The lowest BCUT2D eigenvalue weighted by Gasteiger charge is -2.41. The van der Waals surface area contributed by atoms with Gasteiger partial charge in [-0.25, -0.2) is 4.98 Å². The van der Waals surface area contributed by atoms with Gasteiger partial charge in [0.05, 0.1) is 9.26 Å². The van der Waals surface area contributed by atoms with E-state index in [0.717, 1.165) is 53.6 Å². The molecule has 0 aliphatic heterocycles. The first-order chi connectivity index (χ1) is 9.87. The number of H-pyrrole nitrogens is 1. The molecule has 0 spiro atoms. The highest BCUT2D eigenvalue weighted by Gasteiger charge is 2.42. The Kier molecular flexibility index (Phi) is 3.93. The number of rotatable bonds is 3. The van der Waals surface area contributed by atoms with Gasteiger partial charge in [0.25, 0.3) is 5.56 Å². The summed E-state index contributed by atoms with van der Waals surface area (Å²) in [6, 6.07) is 0. The molecule has 0 aromatic carbocycles. The summed E-state index contributed by atoms with van der Waals surface area (Å²) in [4.78, 5) is 20.1. The highest BCUT2D eigenvalue weighted by molar-refractivity contribution is 14.1. The van der Waals surface area contributed by atoms with Gasteiger partial charge in [0.2, 0.25) is 0 Å². The van der Waals surface area contributed by atoms with Crippen LogP contribution in [0.15, 0.2) is 4.79 Å². The number of nitrogens with zero attached hydrogens (tertiary/aromatic N) is 1. The van der Waals surface area contributed by atoms with Crippen LogP contribution in [0, 0.1) is 8.99 Å². The van der Waals surface area contributed by atoms with Gasteiger partial charge >= 0.3 is 0 Å². The van der Waals surface area contributed by atoms with Gasteiger partial charge in [0.15, 0.2) is 0 Å². The molecular formula is C16H23IN2O2. The standard InChI is InChI=1S/C16H23IN2O2/c1-15(2)6-8-16(21-3,9-7-15)14-18-12(10-4-5-10)11(17)13(20)19-14/h10H,4-9H2,1-3H3,(H,18,19,20). The van der Waals surface area contributed by atoms with Crippen LogP contribution >= 0.6 is 22.6 Å². The van der Waals surface area contributed by atoms with E-state index in [1.165, 1.54) is 0 Å². The van der Waals surface area contributed by atoms with E-state index >= 15 is 0 Å². The summed E-state index contributed by atoms with van der Waals surface area (Å²) in [5, 5.41) is 0. The first-order valence-electron chi connectivity index (χ1n) is 7.72. The smallest absolute Gasteiger partial charge is 0.264 e. The molecule has 0 atom stereocenters. The molecule has 0 radical (unpaired) electrons. The second kappa shape index (κ2) is 5.33. The van der Waals surface area contributed by atoms with Crippen molar-refractivity contribution >= 4 is 22.6 Å². The Hall–Kier alpha value is -0.430. The van der Waals surface area contributed by atoms with Crippen molar-refractivity contribution in [3.63, 3.8) is 0 Å². The maximum absolute atomic E-state index is 12.3. The summed E-state index contributed by atoms with van der Waals surface area (Å²) < 4.78 is 6.62. The van der Waals surface area contributed by atoms with E-state index < -0.39 is 5.60 Å². The van der Waals surface area contributed by atoms with Crippen LogP contribution in [0.1, 0.15) is 69.8 Å². The van der Waals surface area contributed by atoms with E-state index in [2.05, 4.69) is 41.4 Å². The average Bonchev–Trinajstić information content (AvgIpc) is 3.27. The van der Waals surface area contributed by atoms with Crippen molar-refractivity contribution in [3.8, 4) is 0 Å². The molecule has 1 aromatic heterocycles. The number of nitrogens with one attached hydrogen (secondary N) is 1. The van der Waals surface area contributed by atoms with Gasteiger partial charge in [0, 0.05) is 13.0 Å². The summed E-state index contributed by atoms with van der Waals surface area (Å²) in [6.07, 6.45) is 6.33. The van der Waals surface area contributed by atoms with Crippen LogP contribution in [-0.4, -0.2) is 17.1 Å². The molecule has 0 saturated heterocycles. The van der Waals surface area contributed by atoms with Crippen LogP contribution < -0.4 is 5.56 Å². The van der Waals surface area contributed by atoms with Crippen molar-refractivity contribution in [3.05, 3.63) is 25.4 Å². The van der Waals surface area contributed by atoms with Crippen LogP contribution in [0.3, 0.4) is 0 Å². The Bertz CT molecular complexity index is 595. The minimum Gasteiger partial charge on any atom is -0.370 e. The highest BCUT2D eigenvalue weighted by Crippen LogP contribution is 2.47. The zero-order valence-electron chi connectivity index (χ0n) is 13.0. The van der Waals surface area contributed by atoms with Gasteiger partial charge in [0.1, 0.15) is 11.4 Å². The monoisotopic (exact) mass is 402 g/mol. The molecule has 2 aliphatic rings. The predicted octanol–water partition coefficient (Wildman–Crippen LogP) is 3.69. The molecule has 5 heteroatoms. The second-order valence-corrected chi connectivity index (χ2v) is 8.33. The zero-order chi connectivity index (χ0) is 15.3. The van der Waals surface area contributed by atoms with Crippen molar-refractivity contribution in [1.29, 1.82) is 0 Å². The van der Waals surface area contributed by atoms with Crippen LogP contribution in [0.2, 0.25) is 0 Å². The van der Waals surface area contributed by atoms with Crippen molar-refractivity contribution in [2.24, 2.45) is 5.41 Å². The fourth-order valence-electron chi connectivity index (χ4n) is 3.19. The number of methoxy groups -OCH3 is 1. The first-order valence-corrected chi connectivity index (χ1v) is 8.80. The summed E-state index contributed by atoms with van der Waals surface area (Å²) >= 11 is 2.12. The van der Waals surface area contributed by atoms with Gasteiger partial charge in [-0.3, -0.25) is 4.79 Å². The molecule has 1 aromatic rings. The molecule has 0 unspecified atom stereocenters. The lowest BCUT2D eigenvalue weighted by Crippen LogP contribution is -2.39. The van der Waals surface area contributed by atoms with Crippen molar-refractivity contribution in [2.75, 3.05) is 7.11 Å². The normalized spacial score (nSPS) is 24.0. The van der Waals surface area contributed by atoms with E-state index in [-0.39, 0.29) is 5.56 Å². The molecule has 2 saturated carbocycles. The molecule has 21 heavy (non-hydrogen) atoms. The average molecular weight is 402 g/mol. The number of aromatic nitrogens is 2. The van der Waals surface area contributed by atoms with Crippen LogP contribution in [0.4, 0.5) is 0 Å². The van der Waals surface area contributed by atoms with Crippen molar-refractivity contribution < 1.29 is 4.74 Å². The highest BCUT2D eigenvalue weighted by atomic mass is 127. The molecule has 1 heterocycles. The summed E-state index contributed by atoms with van der Waals surface area (Å²) in [5.41, 5.74) is 0.910. The van der Waals surface area contributed by atoms with E-state index in [9.17, 15) is 4.79 Å². The van der Waals surface area contributed by atoms with Crippen LogP contribution in [-0.2, 0) is 10.3 Å².